The number of benzene rings is 3. The van der Waals surface area contributed by atoms with Crippen LogP contribution in [0.2, 0.25) is 0 Å². The molecule has 0 saturated heterocycles. The first kappa shape index (κ1) is 36.6. The van der Waals surface area contributed by atoms with Crippen LogP contribution in [-0.4, -0.2) is 55.3 Å². The summed E-state index contributed by atoms with van der Waals surface area (Å²) in [5.41, 5.74) is 0.571. The van der Waals surface area contributed by atoms with E-state index in [0.717, 1.165) is 18.2 Å². The minimum Gasteiger partial charge on any atom is -0.497 e. The van der Waals surface area contributed by atoms with Gasteiger partial charge in [0.2, 0.25) is 0 Å². The first-order valence-corrected chi connectivity index (χ1v) is 16.2. The maximum absolute atomic E-state index is 15.1. The van der Waals surface area contributed by atoms with E-state index < -0.39 is 55.3 Å². The molecule has 0 aliphatic carbocycles. The lowest BCUT2D eigenvalue weighted by atomic mass is 9.95. The Bertz CT molecular complexity index is 1610. The number of alkyl carbamates (subject to hydrolysis) is 1. The second kappa shape index (κ2) is 15.1. The van der Waals surface area contributed by atoms with Gasteiger partial charge in [-0.1, -0.05) is 42.5 Å². The summed E-state index contributed by atoms with van der Waals surface area (Å²) in [5, 5.41) is 11.9. The highest BCUT2D eigenvalue weighted by Gasteiger charge is 2.53. The standard InChI is InChI=1S/C26H32F2N2O6S.C8H10O/c1-25(2,3)36-24(32)30-23-26(4,5)37(33,34)21(14-20(31)15-7-9-16(27)10-8-15)22(29-23)18-13-17(35-6)11-12-19(18)28;1-9-7-8-5-3-2-4-6-8/h7-13,20-22,31H,14H2,1-6H3,(H,29,30,32);2-6H,7H2,1H3. The Labute approximate surface area is 269 Å². The fourth-order valence-corrected chi connectivity index (χ4v) is 6.94. The number of aliphatic hydroxyl groups excluding tert-OH is 1. The Hall–Kier alpha value is -3.87. The summed E-state index contributed by atoms with van der Waals surface area (Å²) in [5.74, 6) is -1.20. The number of methoxy groups -OCH3 is 2. The van der Waals surface area contributed by atoms with Crippen LogP contribution in [0.15, 0.2) is 77.8 Å². The summed E-state index contributed by atoms with van der Waals surface area (Å²) in [6.45, 7) is 8.40. The first-order chi connectivity index (χ1) is 21.5. The van der Waals surface area contributed by atoms with Gasteiger partial charge in [0, 0.05) is 12.7 Å². The molecule has 3 aromatic carbocycles. The van der Waals surface area contributed by atoms with Crippen molar-refractivity contribution in [2.24, 2.45) is 4.99 Å². The van der Waals surface area contributed by atoms with E-state index in [1.807, 2.05) is 30.3 Å². The predicted molar refractivity (Wildman–Crippen MR) is 172 cm³/mol. The summed E-state index contributed by atoms with van der Waals surface area (Å²) in [7, 11) is -1.15. The molecule has 3 aromatic rings. The number of carbonyl (C=O) groups is 1. The van der Waals surface area contributed by atoms with Gasteiger partial charge in [0.05, 0.1) is 31.1 Å². The van der Waals surface area contributed by atoms with E-state index >= 15 is 4.39 Å². The minimum atomic E-state index is -4.23. The number of amidine groups is 1. The van der Waals surface area contributed by atoms with Crippen molar-refractivity contribution in [3.8, 4) is 5.75 Å². The molecule has 0 spiro atoms. The topological polar surface area (TPSA) is 124 Å². The van der Waals surface area contributed by atoms with Crippen LogP contribution in [0.1, 0.15) is 69.9 Å². The lowest BCUT2D eigenvalue weighted by Crippen LogP contribution is -2.58. The van der Waals surface area contributed by atoms with Crippen molar-refractivity contribution in [3.05, 3.63) is 101 Å². The minimum absolute atomic E-state index is 0.0850. The number of amides is 1. The fourth-order valence-electron chi connectivity index (χ4n) is 4.83. The van der Waals surface area contributed by atoms with E-state index in [9.17, 15) is 22.7 Å². The molecule has 0 saturated carbocycles. The maximum atomic E-state index is 15.1. The molecule has 12 heteroatoms. The molecule has 250 valence electrons. The molecule has 1 amide bonds. The molecule has 1 aliphatic rings. The van der Waals surface area contributed by atoms with Gasteiger partial charge in [-0.25, -0.2) is 22.0 Å². The molecule has 3 unspecified atom stereocenters. The summed E-state index contributed by atoms with van der Waals surface area (Å²) < 4.78 is 70.1. The number of hydrogen-bond acceptors (Lipinski definition) is 8. The number of sulfone groups is 1. The second-order valence-electron chi connectivity index (χ2n) is 12.3. The molecule has 46 heavy (non-hydrogen) atoms. The third kappa shape index (κ3) is 9.11. The maximum Gasteiger partial charge on any atom is 0.413 e. The van der Waals surface area contributed by atoms with E-state index in [1.165, 1.54) is 50.8 Å². The van der Waals surface area contributed by atoms with Crippen molar-refractivity contribution in [2.75, 3.05) is 14.2 Å². The molecular weight excluding hydrogens is 618 g/mol. The van der Waals surface area contributed by atoms with Crippen molar-refractivity contribution in [2.45, 2.75) is 75.4 Å². The lowest BCUT2D eigenvalue weighted by molar-refractivity contribution is 0.0560. The Morgan fingerprint density at radius 1 is 1.02 bits per heavy atom. The molecule has 9 nitrogen and oxygen atoms in total. The molecular formula is C34H42F2N2O7S. The number of halogens is 2. The van der Waals surface area contributed by atoms with Crippen LogP contribution in [0, 0.1) is 11.6 Å². The average Bonchev–Trinajstić information content (AvgIpc) is 2.98. The van der Waals surface area contributed by atoms with Crippen LogP contribution in [0.3, 0.4) is 0 Å². The van der Waals surface area contributed by atoms with Gasteiger partial charge in [-0.05, 0) is 82.5 Å². The van der Waals surface area contributed by atoms with E-state index in [2.05, 4.69) is 10.3 Å². The average molecular weight is 661 g/mol. The van der Waals surface area contributed by atoms with Gasteiger partial charge < -0.3 is 19.3 Å². The van der Waals surface area contributed by atoms with Crippen LogP contribution < -0.4 is 10.1 Å². The Morgan fingerprint density at radius 3 is 2.22 bits per heavy atom. The molecule has 0 radical (unpaired) electrons. The second-order valence-corrected chi connectivity index (χ2v) is 15.0. The Morgan fingerprint density at radius 2 is 1.65 bits per heavy atom. The third-order valence-electron chi connectivity index (χ3n) is 7.31. The molecule has 4 rings (SSSR count). The van der Waals surface area contributed by atoms with Gasteiger partial charge in [-0.15, -0.1) is 0 Å². The van der Waals surface area contributed by atoms with Crippen LogP contribution in [0.4, 0.5) is 13.6 Å². The smallest absolute Gasteiger partial charge is 0.413 e. The summed E-state index contributed by atoms with van der Waals surface area (Å²) in [6, 6.07) is 17.6. The zero-order valence-corrected chi connectivity index (χ0v) is 27.9. The summed E-state index contributed by atoms with van der Waals surface area (Å²) in [4.78, 5) is 17.0. The highest BCUT2D eigenvalue weighted by molar-refractivity contribution is 7.94. The van der Waals surface area contributed by atoms with E-state index in [1.54, 1.807) is 27.9 Å². The van der Waals surface area contributed by atoms with Crippen molar-refractivity contribution >= 4 is 21.8 Å². The first-order valence-electron chi connectivity index (χ1n) is 14.6. The zero-order chi connectivity index (χ0) is 34.3. The van der Waals surface area contributed by atoms with E-state index in [4.69, 9.17) is 14.2 Å². The zero-order valence-electron chi connectivity index (χ0n) is 27.1. The summed E-state index contributed by atoms with van der Waals surface area (Å²) in [6.07, 6.45) is -2.59. The van der Waals surface area contributed by atoms with Crippen molar-refractivity contribution in [1.29, 1.82) is 0 Å². The SMILES string of the molecule is COCc1ccccc1.COc1ccc(F)c(C2N=C(NC(=O)OC(C)(C)C)C(C)(C)S(=O)(=O)C2CC(O)c2ccc(F)cc2)c1. The number of aliphatic imine (C=N–C) groups is 1. The number of rotatable bonds is 7. The van der Waals surface area contributed by atoms with Crippen LogP contribution in [-0.2, 0) is 25.9 Å². The van der Waals surface area contributed by atoms with Crippen LogP contribution in [0.25, 0.3) is 0 Å². The largest absolute Gasteiger partial charge is 0.497 e. The van der Waals surface area contributed by atoms with Crippen LogP contribution in [0.5, 0.6) is 5.75 Å². The highest BCUT2D eigenvalue weighted by Crippen LogP contribution is 2.43. The summed E-state index contributed by atoms with van der Waals surface area (Å²) >= 11 is 0. The predicted octanol–water partition coefficient (Wildman–Crippen LogP) is 6.47. The van der Waals surface area contributed by atoms with E-state index in [-0.39, 0.29) is 23.6 Å². The normalized spacial score (nSPS) is 19.1. The third-order valence-corrected chi connectivity index (χ3v) is 10.2. The van der Waals surface area contributed by atoms with Gasteiger partial charge in [-0.2, -0.15) is 0 Å². The number of carbonyl (C=O) groups excluding carboxylic acids is 1. The highest BCUT2D eigenvalue weighted by atomic mass is 32.2. The number of hydrogen-bond donors (Lipinski definition) is 2. The molecule has 0 bridgehead atoms. The quantitative estimate of drug-likeness (QED) is 0.298. The van der Waals surface area contributed by atoms with Crippen molar-refractivity contribution < 1.29 is 41.3 Å². The number of ether oxygens (including phenoxy) is 3. The Balaban J connectivity index is 0.000000549. The monoisotopic (exact) mass is 660 g/mol. The van der Waals surface area contributed by atoms with Crippen LogP contribution >= 0.6 is 0 Å². The molecule has 3 atom stereocenters. The van der Waals surface area contributed by atoms with Gasteiger partial charge in [-0.3, -0.25) is 10.3 Å². The molecule has 2 N–H and O–H groups in total. The molecule has 0 fully saturated rings. The molecule has 1 aliphatic heterocycles. The van der Waals surface area contributed by atoms with Gasteiger partial charge in [0.15, 0.2) is 9.84 Å². The molecule has 0 aromatic heterocycles. The van der Waals surface area contributed by atoms with Crippen molar-refractivity contribution in [1.82, 2.24) is 5.32 Å². The Kier molecular flexibility index (Phi) is 12.0. The van der Waals surface area contributed by atoms with Gasteiger partial charge >= 0.3 is 6.09 Å². The van der Waals surface area contributed by atoms with Gasteiger partial charge in [0.1, 0.15) is 33.6 Å². The lowest BCUT2D eigenvalue weighted by Gasteiger charge is -2.40. The van der Waals surface area contributed by atoms with Crippen molar-refractivity contribution in [3.63, 3.8) is 0 Å². The number of nitrogens with zero attached hydrogens (tertiary/aromatic N) is 1. The van der Waals surface area contributed by atoms with Gasteiger partial charge in [0.25, 0.3) is 0 Å². The number of aliphatic hydroxyl groups is 1. The molecule has 1 heterocycles. The van der Waals surface area contributed by atoms with E-state index in [0.29, 0.717) is 12.2 Å². The number of nitrogens with one attached hydrogen (secondary N) is 1. The fraction of sp³-hybridized carbons (Fsp3) is 0.412.